The standard InChI is InChI=1S/C11H15N/c1-2-5-10-6-3-7-11(10)8-4-9-12/h2-5,7-8H,6,9,12H2,1H3/b5-2-,8-4+. The molecule has 12 heavy (non-hydrogen) atoms. The quantitative estimate of drug-likeness (QED) is 0.675. The molecule has 0 aromatic heterocycles. The fourth-order valence-corrected chi connectivity index (χ4v) is 1.26. The fraction of sp³-hybridized carbons (Fsp3) is 0.273. The normalized spacial score (nSPS) is 17.5. The Bertz CT molecular complexity index is 254. The highest BCUT2D eigenvalue weighted by Crippen LogP contribution is 2.20. The van der Waals surface area contributed by atoms with Gasteiger partial charge in [0.1, 0.15) is 0 Å². The maximum Gasteiger partial charge on any atom is 0.0110 e. The molecule has 0 fully saturated rings. The summed E-state index contributed by atoms with van der Waals surface area (Å²) in [4.78, 5) is 0. The summed E-state index contributed by atoms with van der Waals surface area (Å²) >= 11 is 0. The van der Waals surface area contributed by atoms with Crippen LogP contribution in [0.2, 0.25) is 0 Å². The molecule has 0 atom stereocenters. The Morgan fingerprint density at radius 1 is 1.50 bits per heavy atom. The molecule has 0 unspecified atom stereocenters. The first kappa shape index (κ1) is 9.01. The second-order valence-corrected chi connectivity index (χ2v) is 2.73. The Hall–Kier alpha value is -1.08. The van der Waals surface area contributed by atoms with Crippen LogP contribution in [0.4, 0.5) is 0 Å². The molecule has 0 radical (unpaired) electrons. The maximum atomic E-state index is 5.37. The number of nitrogens with two attached hydrogens (primary N) is 1. The zero-order valence-electron chi connectivity index (χ0n) is 7.46. The lowest BCUT2D eigenvalue weighted by Crippen LogP contribution is -1.92. The van der Waals surface area contributed by atoms with E-state index in [1.807, 2.05) is 13.0 Å². The molecular weight excluding hydrogens is 146 g/mol. The van der Waals surface area contributed by atoms with Crippen molar-refractivity contribution in [3.8, 4) is 0 Å². The molecule has 0 saturated carbocycles. The van der Waals surface area contributed by atoms with E-state index in [-0.39, 0.29) is 0 Å². The van der Waals surface area contributed by atoms with Crippen LogP contribution >= 0.6 is 0 Å². The Kier molecular flexibility index (Phi) is 3.55. The van der Waals surface area contributed by atoms with E-state index in [1.54, 1.807) is 0 Å². The predicted molar refractivity (Wildman–Crippen MR) is 53.8 cm³/mol. The highest BCUT2D eigenvalue weighted by molar-refractivity contribution is 5.46. The molecule has 64 valence electrons. The summed E-state index contributed by atoms with van der Waals surface area (Å²) in [6, 6.07) is 0. The average molecular weight is 161 g/mol. The van der Waals surface area contributed by atoms with Crippen LogP contribution in [0.15, 0.2) is 47.6 Å². The van der Waals surface area contributed by atoms with Crippen LogP contribution in [-0.4, -0.2) is 6.54 Å². The Morgan fingerprint density at radius 3 is 3.00 bits per heavy atom. The third kappa shape index (κ3) is 2.21. The van der Waals surface area contributed by atoms with Crippen molar-refractivity contribution in [1.82, 2.24) is 0 Å². The molecule has 0 aliphatic heterocycles. The second kappa shape index (κ2) is 4.73. The summed E-state index contributed by atoms with van der Waals surface area (Å²) in [5.41, 5.74) is 8.04. The Morgan fingerprint density at radius 2 is 2.33 bits per heavy atom. The highest BCUT2D eigenvalue weighted by atomic mass is 14.5. The van der Waals surface area contributed by atoms with Crippen LogP contribution in [0, 0.1) is 0 Å². The minimum atomic E-state index is 0.612. The van der Waals surface area contributed by atoms with Gasteiger partial charge in [0.05, 0.1) is 0 Å². The summed E-state index contributed by atoms with van der Waals surface area (Å²) in [6.45, 7) is 2.65. The number of rotatable bonds is 3. The summed E-state index contributed by atoms with van der Waals surface area (Å²) in [5, 5.41) is 0. The van der Waals surface area contributed by atoms with Crippen LogP contribution in [0.3, 0.4) is 0 Å². The lowest BCUT2D eigenvalue weighted by atomic mass is 10.1. The summed E-state index contributed by atoms with van der Waals surface area (Å²) in [7, 11) is 0. The van der Waals surface area contributed by atoms with Crippen molar-refractivity contribution in [3.05, 3.63) is 47.6 Å². The van der Waals surface area contributed by atoms with E-state index in [0.29, 0.717) is 6.54 Å². The molecule has 0 saturated heterocycles. The fourth-order valence-electron chi connectivity index (χ4n) is 1.26. The van der Waals surface area contributed by atoms with Crippen molar-refractivity contribution in [2.24, 2.45) is 5.73 Å². The van der Waals surface area contributed by atoms with Crippen molar-refractivity contribution in [2.45, 2.75) is 13.3 Å². The van der Waals surface area contributed by atoms with Gasteiger partial charge in [-0.25, -0.2) is 0 Å². The van der Waals surface area contributed by atoms with Crippen molar-refractivity contribution in [3.63, 3.8) is 0 Å². The first-order valence-corrected chi connectivity index (χ1v) is 4.27. The van der Waals surface area contributed by atoms with E-state index >= 15 is 0 Å². The minimum Gasteiger partial charge on any atom is -0.327 e. The van der Waals surface area contributed by atoms with E-state index in [2.05, 4.69) is 30.4 Å². The van der Waals surface area contributed by atoms with Crippen molar-refractivity contribution >= 4 is 0 Å². The molecule has 0 bridgehead atoms. The first-order chi connectivity index (χ1) is 5.88. The van der Waals surface area contributed by atoms with E-state index < -0.39 is 0 Å². The molecule has 1 rings (SSSR count). The van der Waals surface area contributed by atoms with E-state index in [0.717, 1.165) is 6.42 Å². The maximum absolute atomic E-state index is 5.37. The highest BCUT2D eigenvalue weighted by Gasteiger charge is 2.01. The minimum absolute atomic E-state index is 0.612. The molecule has 0 aromatic rings. The van der Waals surface area contributed by atoms with Gasteiger partial charge in [-0.15, -0.1) is 0 Å². The van der Waals surface area contributed by atoms with Crippen LogP contribution in [0.1, 0.15) is 13.3 Å². The molecule has 2 N–H and O–H groups in total. The lowest BCUT2D eigenvalue weighted by molar-refractivity contribution is 1.25. The summed E-state index contributed by atoms with van der Waals surface area (Å²) < 4.78 is 0. The topological polar surface area (TPSA) is 26.0 Å². The van der Waals surface area contributed by atoms with Crippen LogP contribution in [-0.2, 0) is 0 Å². The van der Waals surface area contributed by atoms with Crippen molar-refractivity contribution in [2.75, 3.05) is 6.54 Å². The number of hydrogen-bond acceptors (Lipinski definition) is 1. The molecule has 1 heteroatoms. The second-order valence-electron chi connectivity index (χ2n) is 2.73. The third-order valence-corrected chi connectivity index (χ3v) is 1.81. The molecule has 1 aliphatic carbocycles. The molecule has 0 aromatic carbocycles. The van der Waals surface area contributed by atoms with Gasteiger partial charge in [0.2, 0.25) is 0 Å². The zero-order valence-corrected chi connectivity index (χ0v) is 7.46. The third-order valence-electron chi connectivity index (χ3n) is 1.81. The summed E-state index contributed by atoms with van der Waals surface area (Å²) in [6.07, 6.45) is 13.6. The smallest absolute Gasteiger partial charge is 0.0110 e. The SMILES string of the molecule is C/C=C\C1=C(/C=C/CN)C=CC1. The van der Waals surface area contributed by atoms with Crippen LogP contribution in [0.25, 0.3) is 0 Å². The lowest BCUT2D eigenvalue weighted by Gasteiger charge is -1.95. The van der Waals surface area contributed by atoms with Gasteiger partial charge in [0.15, 0.2) is 0 Å². The largest absolute Gasteiger partial charge is 0.327 e. The van der Waals surface area contributed by atoms with Gasteiger partial charge in [0.25, 0.3) is 0 Å². The van der Waals surface area contributed by atoms with E-state index in [9.17, 15) is 0 Å². The molecule has 0 spiro atoms. The Balaban J connectivity index is 2.75. The molecule has 1 nitrogen and oxygen atoms in total. The van der Waals surface area contributed by atoms with Crippen molar-refractivity contribution < 1.29 is 0 Å². The molecule has 0 heterocycles. The zero-order chi connectivity index (χ0) is 8.81. The van der Waals surface area contributed by atoms with E-state index in [4.69, 9.17) is 5.73 Å². The average Bonchev–Trinajstić information content (AvgIpc) is 2.50. The molecule has 0 amide bonds. The number of hydrogen-bond donors (Lipinski definition) is 1. The van der Waals surface area contributed by atoms with Gasteiger partial charge in [-0.3, -0.25) is 0 Å². The number of allylic oxidation sites excluding steroid dienone is 7. The van der Waals surface area contributed by atoms with Crippen LogP contribution in [0.5, 0.6) is 0 Å². The van der Waals surface area contributed by atoms with E-state index in [1.165, 1.54) is 11.1 Å². The van der Waals surface area contributed by atoms with Gasteiger partial charge in [-0.05, 0) is 24.5 Å². The van der Waals surface area contributed by atoms with Crippen molar-refractivity contribution in [1.29, 1.82) is 0 Å². The monoisotopic (exact) mass is 161 g/mol. The van der Waals surface area contributed by atoms with Gasteiger partial charge in [-0.1, -0.05) is 36.5 Å². The van der Waals surface area contributed by atoms with Gasteiger partial charge >= 0.3 is 0 Å². The van der Waals surface area contributed by atoms with Crippen LogP contribution < -0.4 is 5.73 Å². The van der Waals surface area contributed by atoms with Gasteiger partial charge in [-0.2, -0.15) is 0 Å². The molecule has 1 aliphatic rings. The molecular formula is C11H15N. The summed E-state index contributed by atoms with van der Waals surface area (Å²) in [5.74, 6) is 0. The Labute approximate surface area is 74.0 Å². The first-order valence-electron chi connectivity index (χ1n) is 4.27. The van der Waals surface area contributed by atoms with Gasteiger partial charge in [0, 0.05) is 6.54 Å². The predicted octanol–water partition coefficient (Wildman–Crippen LogP) is 2.33. The van der Waals surface area contributed by atoms with Gasteiger partial charge < -0.3 is 5.73 Å².